The van der Waals surface area contributed by atoms with Crippen LogP contribution in [0.4, 0.5) is 0 Å². The maximum Gasteiger partial charge on any atom is 0.0156 e. The molecule has 1 rings (SSSR count). The Bertz CT molecular complexity index is 148. The summed E-state index contributed by atoms with van der Waals surface area (Å²) in [6, 6.07) is 0. The smallest absolute Gasteiger partial charge is 0.0156 e. The third-order valence-electron chi connectivity index (χ3n) is 2.69. The number of rotatable bonds is 3. The summed E-state index contributed by atoms with van der Waals surface area (Å²) in [6.07, 6.45) is 8.72. The Kier molecular flexibility index (Phi) is 4.10. The van der Waals surface area contributed by atoms with E-state index in [1.165, 1.54) is 32.1 Å². The second-order valence-electron chi connectivity index (χ2n) is 3.86. The van der Waals surface area contributed by atoms with Crippen molar-refractivity contribution in [1.82, 2.24) is 5.32 Å². The van der Waals surface area contributed by atoms with Crippen LogP contribution in [0.5, 0.6) is 0 Å². The van der Waals surface area contributed by atoms with Crippen molar-refractivity contribution in [2.45, 2.75) is 44.6 Å². The molecule has 70 valence electrons. The summed E-state index contributed by atoms with van der Waals surface area (Å²) in [5, 5.41) is 3.53. The van der Waals surface area contributed by atoms with Gasteiger partial charge in [-0.3, -0.25) is 0 Å². The number of hydrogen-bond donors (Lipinski definition) is 1. The number of hydrogen-bond acceptors (Lipinski definition) is 1. The zero-order valence-corrected chi connectivity index (χ0v) is 8.53. The minimum Gasteiger partial charge on any atom is -0.308 e. The Balaban J connectivity index is 2.26. The SMILES string of the molecule is CC1(NC/C=C/Cl)CCCCC1. The first-order chi connectivity index (χ1) is 5.77. The predicted octanol–water partition coefficient (Wildman–Crippen LogP) is 3.05. The summed E-state index contributed by atoms with van der Waals surface area (Å²) in [6.45, 7) is 3.22. The molecule has 0 aromatic heterocycles. The molecule has 2 heteroatoms. The molecule has 12 heavy (non-hydrogen) atoms. The van der Waals surface area contributed by atoms with Crippen molar-refractivity contribution in [3.63, 3.8) is 0 Å². The van der Waals surface area contributed by atoms with Crippen molar-refractivity contribution >= 4 is 11.6 Å². The van der Waals surface area contributed by atoms with Crippen LogP contribution in [0.15, 0.2) is 11.6 Å². The summed E-state index contributed by atoms with van der Waals surface area (Å²) in [5.74, 6) is 0. The highest BCUT2D eigenvalue weighted by Crippen LogP contribution is 2.27. The summed E-state index contributed by atoms with van der Waals surface area (Å²) >= 11 is 5.44. The molecule has 0 unspecified atom stereocenters. The predicted molar refractivity (Wildman–Crippen MR) is 54.5 cm³/mol. The third kappa shape index (κ3) is 3.16. The summed E-state index contributed by atoms with van der Waals surface area (Å²) in [7, 11) is 0. The van der Waals surface area contributed by atoms with Crippen molar-refractivity contribution in [1.29, 1.82) is 0 Å². The third-order valence-corrected chi connectivity index (χ3v) is 2.87. The Labute approximate surface area is 80.2 Å². The summed E-state index contributed by atoms with van der Waals surface area (Å²) in [4.78, 5) is 0. The molecule has 0 aromatic carbocycles. The van der Waals surface area contributed by atoms with Crippen LogP contribution in [0.1, 0.15) is 39.0 Å². The first kappa shape index (κ1) is 10.1. The highest BCUT2D eigenvalue weighted by atomic mass is 35.5. The average molecular weight is 188 g/mol. The monoisotopic (exact) mass is 187 g/mol. The molecule has 0 saturated heterocycles. The van der Waals surface area contributed by atoms with E-state index >= 15 is 0 Å². The van der Waals surface area contributed by atoms with Crippen LogP contribution >= 0.6 is 11.6 Å². The molecule has 1 aliphatic carbocycles. The second-order valence-corrected chi connectivity index (χ2v) is 4.12. The van der Waals surface area contributed by atoms with Crippen LogP contribution in [0.2, 0.25) is 0 Å². The minimum absolute atomic E-state index is 0.370. The van der Waals surface area contributed by atoms with Crippen LogP contribution in [-0.2, 0) is 0 Å². The van der Waals surface area contributed by atoms with Crippen molar-refractivity contribution in [3.05, 3.63) is 11.6 Å². The van der Waals surface area contributed by atoms with E-state index in [1.54, 1.807) is 5.54 Å². The first-order valence-corrected chi connectivity index (χ1v) is 5.21. The van der Waals surface area contributed by atoms with Gasteiger partial charge in [-0.05, 0) is 19.8 Å². The lowest BCUT2D eigenvalue weighted by molar-refractivity contribution is 0.263. The number of halogens is 1. The van der Waals surface area contributed by atoms with Gasteiger partial charge in [0.1, 0.15) is 0 Å². The van der Waals surface area contributed by atoms with Crippen LogP contribution in [0.25, 0.3) is 0 Å². The topological polar surface area (TPSA) is 12.0 Å². The van der Waals surface area contributed by atoms with Gasteiger partial charge in [-0.1, -0.05) is 36.9 Å². The minimum atomic E-state index is 0.370. The lowest BCUT2D eigenvalue weighted by Gasteiger charge is -2.34. The van der Waals surface area contributed by atoms with Gasteiger partial charge < -0.3 is 5.32 Å². The van der Waals surface area contributed by atoms with Gasteiger partial charge in [-0.15, -0.1) is 0 Å². The van der Waals surface area contributed by atoms with Crippen molar-refractivity contribution in [2.75, 3.05) is 6.54 Å². The molecule has 0 radical (unpaired) electrons. The van der Waals surface area contributed by atoms with Gasteiger partial charge >= 0.3 is 0 Å². The molecule has 0 amide bonds. The molecular weight excluding hydrogens is 170 g/mol. The maximum atomic E-state index is 5.44. The lowest BCUT2D eigenvalue weighted by atomic mass is 9.83. The molecular formula is C10H18ClN. The molecule has 0 heterocycles. The van der Waals surface area contributed by atoms with E-state index in [-0.39, 0.29) is 0 Å². The molecule has 0 bridgehead atoms. The first-order valence-electron chi connectivity index (χ1n) is 4.77. The molecule has 1 saturated carbocycles. The lowest BCUT2D eigenvalue weighted by Crippen LogP contribution is -2.43. The second kappa shape index (κ2) is 4.88. The van der Waals surface area contributed by atoms with Crippen LogP contribution < -0.4 is 5.32 Å². The van der Waals surface area contributed by atoms with E-state index in [9.17, 15) is 0 Å². The Morgan fingerprint density at radius 2 is 2.00 bits per heavy atom. The quantitative estimate of drug-likeness (QED) is 0.716. The van der Waals surface area contributed by atoms with Gasteiger partial charge in [-0.25, -0.2) is 0 Å². The van der Waals surface area contributed by atoms with E-state index in [0.29, 0.717) is 5.54 Å². The normalized spacial score (nSPS) is 23.2. The van der Waals surface area contributed by atoms with Crippen molar-refractivity contribution < 1.29 is 0 Å². The zero-order chi connectivity index (χ0) is 8.86. The Morgan fingerprint density at radius 3 is 2.58 bits per heavy atom. The van der Waals surface area contributed by atoms with E-state index in [4.69, 9.17) is 11.6 Å². The van der Waals surface area contributed by atoms with E-state index in [1.807, 2.05) is 6.08 Å². The van der Waals surface area contributed by atoms with Crippen molar-refractivity contribution in [3.8, 4) is 0 Å². The fraction of sp³-hybridized carbons (Fsp3) is 0.800. The molecule has 1 N–H and O–H groups in total. The standard InChI is InChI=1S/C10H18ClN/c1-10(12-9-5-8-11)6-3-2-4-7-10/h5,8,12H,2-4,6-7,9H2,1H3/b8-5+. The molecule has 1 nitrogen and oxygen atoms in total. The van der Waals surface area contributed by atoms with Gasteiger partial charge in [0.05, 0.1) is 0 Å². The van der Waals surface area contributed by atoms with Gasteiger partial charge in [0.15, 0.2) is 0 Å². The Morgan fingerprint density at radius 1 is 1.33 bits per heavy atom. The van der Waals surface area contributed by atoms with Gasteiger partial charge in [-0.2, -0.15) is 0 Å². The summed E-state index contributed by atoms with van der Waals surface area (Å²) < 4.78 is 0. The van der Waals surface area contributed by atoms with E-state index < -0.39 is 0 Å². The van der Waals surface area contributed by atoms with Gasteiger partial charge in [0.25, 0.3) is 0 Å². The van der Waals surface area contributed by atoms with E-state index in [2.05, 4.69) is 12.2 Å². The van der Waals surface area contributed by atoms with Gasteiger partial charge in [0.2, 0.25) is 0 Å². The maximum absolute atomic E-state index is 5.44. The highest BCUT2D eigenvalue weighted by Gasteiger charge is 2.24. The molecule has 1 aliphatic rings. The highest BCUT2D eigenvalue weighted by molar-refractivity contribution is 6.25. The van der Waals surface area contributed by atoms with Crippen LogP contribution in [0.3, 0.4) is 0 Å². The Hall–Kier alpha value is -0.0100. The van der Waals surface area contributed by atoms with Crippen molar-refractivity contribution in [2.24, 2.45) is 0 Å². The van der Waals surface area contributed by atoms with E-state index in [0.717, 1.165) is 6.54 Å². The molecule has 0 aliphatic heterocycles. The molecule has 1 fully saturated rings. The molecule has 0 spiro atoms. The zero-order valence-electron chi connectivity index (χ0n) is 7.78. The number of nitrogens with one attached hydrogen (secondary N) is 1. The molecule has 0 aromatic rings. The fourth-order valence-corrected chi connectivity index (χ4v) is 1.95. The molecule has 0 atom stereocenters. The summed E-state index contributed by atoms with van der Waals surface area (Å²) in [5.41, 5.74) is 1.95. The van der Waals surface area contributed by atoms with Crippen LogP contribution in [0, 0.1) is 0 Å². The van der Waals surface area contributed by atoms with Gasteiger partial charge in [0, 0.05) is 17.6 Å². The largest absolute Gasteiger partial charge is 0.308 e. The average Bonchev–Trinajstić information content (AvgIpc) is 2.06. The van der Waals surface area contributed by atoms with Crippen LogP contribution in [-0.4, -0.2) is 12.1 Å². The fourth-order valence-electron chi connectivity index (χ4n) is 1.86.